The molecule has 1 N–H and O–H groups in total. The van der Waals surface area contributed by atoms with Gasteiger partial charge in [-0.25, -0.2) is 4.79 Å². The number of carbonyl (C=O) groups excluding carboxylic acids is 1. The first-order chi connectivity index (χ1) is 23.2. The molecule has 0 aromatic heterocycles. The van der Waals surface area contributed by atoms with Crippen LogP contribution in [0, 0.1) is 0 Å². The number of hydrogen-bond acceptors (Lipinski definition) is 6. The summed E-state index contributed by atoms with van der Waals surface area (Å²) in [5.74, 6) is 1.35. The van der Waals surface area contributed by atoms with Crippen LogP contribution in [0.1, 0.15) is 74.8 Å². The van der Waals surface area contributed by atoms with Gasteiger partial charge in [0.15, 0.2) is 0 Å². The monoisotopic (exact) mass is 654 g/mol. The molecule has 6 nitrogen and oxygen atoms in total. The third-order valence-electron chi connectivity index (χ3n) is 8.19. The van der Waals surface area contributed by atoms with E-state index in [2.05, 4.69) is 76.0 Å². The van der Waals surface area contributed by atoms with Crippen LogP contribution in [-0.4, -0.2) is 44.1 Å². The van der Waals surface area contributed by atoms with E-state index in [1.165, 1.54) is 41.5 Å². The highest BCUT2D eigenvalue weighted by Gasteiger charge is 2.17. The van der Waals surface area contributed by atoms with Crippen LogP contribution in [0.25, 0.3) is 11.1 Å². The lowest BCUT2D eigenvalue weighted by atomic mass is 9.92. The van der Waals surface area contributed by atoms with Crippen LogP contribution in [0.5, 0.6) is 11.5 Å². The number of aryl methyl sites for hydroxylation is 4. The molecule has 3 rings (SSSR count). The molecule has 0 saturated carbocycles. The molecule has 0 spiro atoms. The Bertz CT molecular complexity index is 1520. The molecule has 0 heterocycles. The van der Waals surface area contributed by atoms with Crippen LogP contribution in [0.3, 0.4) is 0 Å². The topological polar surface area (TPSA) is 74.2 Å². The van der Waals surface area contributed by atoms with Crippen LogP contribution >= 0.6 is 0 Å². The quantitative estimate of drug-likeness (QED) is 0.0383. The fraction of sp³-hybridized carbons (Fsp3) is 0.405. The van der Waals surface area contributed by atoms with E-state index in [0.29, 0.717) is 42.5 Å². The number of aliphatic hydroxyl groups is 1. The normalized spacial score (nSPS) is 10.8. The van der Waals surface area contributed by atoms with Crippen molar-refractivity contribution in [2.24, 2.45) is 0 Å². The van der Waals surface area contributed by atoms with E-state index in [1.807, 2.05) is 19.1 Å². The summed E-state index contributed by atoms with van der Waals surface area (Å²) in [4.78, 5) is 11.9. The first-order valence-corrected chi connectivity index (χ1v) is 17.2. The molecule has 0 fully saturated rings. The van der Waals surface area contributed by atoms with Crippen LogP contribution in [0.15, 0.2) is 91.2 Å². The predicted molar refractivity (Wildman–Crippen MR) is 196 cm³/mol. The minimum Gasteiger partial charge on any atom is -0.490 e. The fourth-order valence-corrected chi connectivity index (χ4v) is 5.33. The lowest BCUT2D eigenvalue weighted by molar-refractivity contribution is -0.139. The first-order valence-electron chi connectivity index (χ1n) is 17.2. The van der Waals surface area contributed by atoms with Gasteiger partial charge in [-0.3, -0.25) is 0 Å². The van der Waals surface area contributed by atoms with Crippen molar-refractivity contribution in [1.82, 2.24) is 0 Å². The standard InChI is InChI=1S/C42H54O6/c1-8-10-11-12-33-13-15-34(16-14-33)17-18-35-19-20-38(36(9-2)27-35)39-29-40(46-24-23-45-32(7)30(3)4)37(21-22-43)28-41(39)47-25-26-48-42(44)31(5)6/h13-16,19-20,27-29,43H,3,5,7-12,17-18,21-26H2,1-2,4,6H3. The van der Waals surface area contributed by atoms with Crippen molar-refractivity contribution in [3.05, 3.63) is 119 Å². The second-order valence-corrected chi connectivity index (χ2v) is 12.2. The summed E-state index contributed by atoms with van der Waals surface area (Å²) in [5.41, 5.74) is 9.04. The van der Waals surface area contributed by atoms with E-state index in [1.54, 1.807) is 6.92 Å². The van der Waals surface area contributed by atoms with E-state index in [-0.39, 0.29) is 19.8 Å². The van der Waals surface area contributed by atoms with Gasteiger partial charge in [0, 0.05) is 23.3 Å². The summed E-state index contributed by atoms with van der Waals surface area (Å²) in [7, 11) is 0. The Morgan fingerprint density at radius 1 is 0.646 bits per heavy atom. The van der Waals surface area contributed by atoms with Gasteiger partial charge in [-0.1, -0.05) is 88.9 Å². The minimum atomic E-state index is -0.452. The Balaban J connectivity index is 1.86. The Morgan fingerprint density at radius 3 is 1.90 bits per heavy atom. The number of ether oxygens (including phenoxy) is 4. The van der Waals surface area contributed by atoms with Gasteiger partial charge in [-0.2, -0.15) is 0 Å². The van der Waals surface area contributed by atoms with Crippen molar-refractivity contribution in [3.63, 3.8) is 0 Å². The van der Waals surface area contributed by atoms with Crippen LogP contribution in [0.2, 0.25) is 0 Å². The van der Waals surface area contributed by atoms with Gasteiger partial charge in [0.05, 0.1) is 0 Å². The van der Waals surface area contributed by atoms with E-state index in [0.717, 1.165) is 47.9 Å². The Morgan fingerprint density at radius 2 is 1.27 bits per heavy atom. The van der Waals surface area contributed by atoms with Gasteiger partial charge in [0.1, 0.15) is 43.7 Å². The molecule has 48 heavy (non-hydrogen) atoms. The number of benzene rings is 3. The molecule has 0 aliphatic carbocycles. The highest BCUT2D eigenvalue weighted by Crippen LogP contribution is 2.39. The van der Waals surface area contributed by atoms with Crippen LogP contribution in [-0.2, 0) is 46.4 Å². The number of carbonyl (C=O) groups is 1. The molecule has 0 atom stereocenters. The summed E-state index contributed by atoms with van der Waals surface area (Å²) in [5, 5.41) is 9.85. The molecule has 3 aromatic carbocycles. The molecular weight excluding hydrogens is 600 g/mol. The third-order valence-corrected chi connectivity index (χ3v) is 8.19. The van der Waals surface area contributed by atoms with E-state index < -0.39 is 5.97 Å². The summed E-state index contributed by atoms with van der Waals surface area (Å²) < 4.78 is 23.4. The third kappa shape index (κ3) is 12.1. The predicted octanol–water partition coefficient (Wildman–Crippen LogP) is 8.95. The van der Waals surface area contributed by atoms with E-state index >= 15 is 0 Å². The summed E-state index contributed by atoms with van der Waals surface area (Å²) >= 11 is 0. The largest absolute Gasteiger partial charge is 0.490 e. The van der Waals surface area contributed by atoms with Gasteiger partial charge >= 0.3 is 5.97 Å². The maximum absolute atomic E-state index is 11.9. The molecule has 6 heteroatoms. The Hall–Kier alpha value is -4.29. The van der Waals surface area contributed by atoms with Crippen LogP contribution in [0.4, 0.5) is 0 Å². The number of aliphatic hydroxyl groups excluding tert-OH is 1. The average molecular weight is 655 g/mol. The molecule has 3 aromatic rings. The molecule has 0 aliphatic rings. The molecule has 0 aliphatic heterocycles. The van der Waals surface area contributed by atoms with Gasteiger partial charge in [-0.05, 0) is 97.9 Å². The summed E-state index contributed by atoms with van der Waals surface area (Å²) in [6, 6.07) is 19.6. The SMILES string of the molecule is C=C(C)C(=C)OCCOc1cc(-c2ccc(CCc3ccc(CCCCC)cc3)cc2CC)c(OCCOC(=O)C(=C)C)cc1CCO. The minimum absolute atomic E-state index is 0.0508. The Kier molecular flexibility index (Phi) is 16.0. The number of unbranched alkanes of at least 4 members (excludes halogenated alkanes) is 2. The first kappa shape index (κ1) is 38.2. The molecule has 0 saturated heterocycles. The fourth-order valence-electron chi connectivity index (χ4n) is 5.33. The second kappa shape index (κ2) is 20.2. The van der Waals surface area contributed by atoms with Gasteiger partial charge < -0.3 is 24.1 Å². The maximum atomic E-state index is 11.9. The lowest BCUT2D eigenvalue weighted by Gasteiger charge is -2.20. The van der Waals surface area contributed by atoms with Crippen molar-refractivity contribution in [2.75, 3.05) is 33.0 Å². The number of rotatable bonds is 22. The van der Waals surface area contributed by atoms with E-state index in [4.69, 9.17) is 18.9 Å². The summed E-state index contributed by atoms with van der Waals surface area (Å²) in [6.45, 7) is 20.0. The highest BCUT2D eigenvalue weighted by atomic mass is 16.6. The zero-order valence-electron chi connectivity index (χ0n) is 29.5. The molecular formula is C42H54O6. The maximum Gasteiger partial charge on any atom is 0.333 e. The number of allylic oxidation sites excluding steroid dienone is 1. The zero-order valence-corrected chi connectivity index (χ0v) is 29.5. The van der Waals surface area contributed by atoms with Crippen molar-refractivity contribution in [1.29, 1.82) is 0 Å². The molecule has 0 bridgehead atoms. The second-order valence-electron chi connectivity index (χ2n) is 12.2. The van der Waals surface area contributed by atoms with Gasteiger partial charge in [0.2, 0.25) is 0 Å². The van der Waals surface area contributed by atoms with Gasteiger partial charge in [0.25, 0.3) is 0 Å². The molecule has 0 radical (unpaired) electrons. The van der Waals surface area contributed by atoms with Gasteiger partial charge in [-0.15, -0.1) is 0 Å². The molecule has 0 unspecified atom stereocenters. The van der Waals surface area contributed by atoms with Crippen molar-refractivity contribution < 1.29 is 28.8 Å². The average Bonchev–Trinajstić information content (AvgIpc) is 3.08. The van der Waals surface area contributed by atoms with Crippen molar-refractivity contribution in [2.45, 2.75) is 79.1 Å². The number of esters is 1. The van der Waals surface area contributed by atoms with E-state index in [9.17, 15) is 9.90 Å². The number of hydrogen-bond donors (Lipinski definition) is 1. The van der Waals surface area contributed by atoms with Crippen molar-refractivity contribution in [3.8, 4) is 22.6 Å². The Labute approximate surface area is 288 Å². The lowest BCUT2D eigenvalue weighted by Crippen LogP contribution is -2.13. The zero-order chi connectivity index (χ0) is 34.9. The van der Waals surface area contributed by atoms with Crippen molar-refractivity contribution >= 4 is 5.97 Å². The smallest absolute Gasteiger partial charge is 0.333 e. The highest BCUT2D eigenvalue weighted by molar-refractivity contribution is 5.86. The molecule has 258 valence electrons. The summed E-state index contributed by atoms with van der Waals surface area (Å²) in [6.07, 6.45) is 8.04. The van der Waals surface area contributed by atoms with Crippen LogP contribution < -0.4 is 9.47 Å². The molecule has 0 amide bonds.